The molecule has 0 radical (unpaired) electrons. The molecule has 0 spiro atoms. The van der Waals surface area contributed by atoms with Crippen molar-refractivity contribution in [1.29, 1.82) is 0 Å². The summed E-state index contributed by atoms with van der Waals surface area (Å²) < 4.78 is 11.1. The van der Waals surface area contributed by atoms with E-state index in [9.17, 15) is 4.79 Å². The molecule has 2 aliphatic heterocycles. The lowest BCUT2D eigenvalue weighted by atomic mass is 10.0. The summed E-state index contributed by atoms with van der Waals surface area (Å²) in [4.78, 5) is 26.5. The number of urea groups is 1. The van der Waals surface area contributed by atoms with Crippen molar-refractivity contribution in [3.8, 4) is 5.75 Å². The van der Waals surface area contributed by atoms with Crippen molar-refractivity contribution in [2.45, 2.75) is 45.9 Å². The zero-order valence-corrected chi connectivity index (χ0v) is 18.0. The number of benzene rings is 1. The smallest absolute Gasteiger partial charge is 0.322 e. The minimum absolute atomic E-state index is 0.135. The topological polar surface area (TPSA) is 79.8 Å². The Morgan fingerprint density at radius 3 is 2.73 bits per heavy atom. The quantitative estimate of drug-likeness (QED) is 0.836. The lowest BCUT2D eigenvalue weighted by Crippen LogP contribution is -2.47. The molecule has 2 amide bonds. The Morgan fingerprint density at radius 1 is 1.23 bits per heavy atom. The summed E-state index contributed by atoms with van der Waals surface area (Å²) in [6, 6.07) is 7.24. The second-order valence-corrected chi connectivity index (χ2v) is 8.02. The molecule has 160 valence electrons. The minimum atomic E-state index is -0.135. The van der Waals surface area contributed by atoms with E-state index in [1.807, 2.05) is 36.1 Å². The number of methoxy groups -OCH3 is 1. The number of aryl methyl sites for hydroxylation is 1. The number of ether oxygens (including phenoxy) is 2. The van der Waals surface area contributed by atoms with Crippen LogP contribution in [0.4, 0.5) is 16.3 Å². The van der Waals surface area contributed by atoms with Gasteiger partial charge in [-0.15, -0.1) is 0 Å². The Balaban J connectivity index is 1.55. The summed E-state index contributed by atoms with van der Waals surface area (Å²) in [6.07, 6.45) is 0.985. The van der Waals surface area contributed by atoms with Gasteiger partial charge in [-0.25, -0.2) is 14.8 Å². The van der Waals surface area contributed by atoms with Crippen LogP contribution in [0, 0.1) is 6.92 Å². The number of hydrogen-bond acceptors (Lipinski definition) is 6. The fourth-order valence-corrected chi connectivity index (χ4v) is 4.21. The van der Waals surface area contributed by atoms with Gasteiger partial charge in [-0.3, -0.25) is 0 Å². The number of amides is 2. The Morgan fingerprint density at radius 2 is 2.00 bits per heavy atom. The van der Waals surface area contributed by atoms with Crippen LogP contribution in [0.1, 0.15) is 30.9 Å². The van der Waals surface area contributed by atoms with E-state index in [-0.39, 0.29) is 18.2 Å². The van der Waals surface area contributed by atoms with Gasteiger partial charge in [0.1, 0.15) is 17.4 Å². The van der Waals surface area contributed by atoms with Gasteiger partial charge in [0.2, 0.25) is 0 Å². The van der Waals surface area contributed by atoms with Gasteiger partial charge in [0.05, 0.1) is 31.6 Å². The Kier molecular flexibility index (Phi) is 5.76. The van der Waals surface area contributed by atoms with Crippen LogP contribution in [-0.2, 0) is 17.7 Å². The number of anilines is 2. The SMILES string of the molecule is COc1cccc(NC(=O)N2CCc3nc(C)nc(N4C[C@@H](C)O[C@H](C)C4)c3C2)c1. The number of rotatable bonds is 3. The first kappa shape index (κ1) is 20.4. The summed E-state index contributed by atoms with van der Waals surface area (Å²) in [5, 5.41) is 2.97. The van der Waals surface area contributed by atoms with Crippen LogP contribution in [0.3, 0.4) is 0 Å². The molecule has 4 rings (SSSR count). The highest BCUT2D eigenvalue weighted by Gasteiger charge is 2.30. The van der Waals surface area contributed by atoms with Crippen LogP contribution in [0.25, 0.3) is 0 Å². The van der Waals surface area contributed by atoms with Gasteiger partial charge in [-0.1, -0.05) is 6.07 Å². The van der Waals surface area contributed by atoms with Crippen molar-refractivity contribution in [1.82, 2.24) is 14.9 Å². The van der Waals surface area contributed by atoms with E-state index >= 15 is 0 Å². The van der Waals surface area contributed by atoms with E-state index in [0.29, 0.717) is 30.9 Å². The van der Waals surface area contributed by atoms with Crippen LogP contribution >= 0.6 is 0 Å². The minimum Gasteiger partial charge on any atom is -0.497 e. The van der Waals surface area contributed by atoms with E-state index < -0.39 is 0 Å². The highest BCUT2D eigenvalue weighted by Crippen LogP contribution is 2.29. The molecule has 1 N–H and O–H groups in total. The van der Waals surface area contributed by atoms with Crippen LogP contribution in [-0.4, -0.2) is 59.9 Å². The summed E-state index contributed by atoms with van der Waals surface area (Å²) in [5.74, 6) is 2.40. The lowest BCUT2D eigenvalue weighted by Gasteiger charge is -2.38. The lowest BCUT2D eigenvalue weighted by molar-refractivity contribution is -0.00557. The average Bonchev–Trinajstić information content (AvgIpc) is 2.72. The maximum absolute atomic E-state index is 12.9. The van der Waals surface area contributed by atoms with Crippen LogP contribution in [0.2, 0.25) is 0 Å². The number of hydrogen-bond donors (Lipinski definition) is 1. The fraction of sp³-hybridized carbons (Fsp3) is 0.500. The van der Waals surface area contributed by atoms with Gasteiger partial charge < -0.3 is 24.6 Å². The second-order valence-electron chi connectivity index (χ2n) is 8.02. The molecule has 30 heavy (non-hydrogen) atoms. The molecule has 2 atom stereocenters. The van der Waals surface area contributed by atoms with Crippen molar-refractivity contribution in [3.63, 3.8) is 0 Å². The highest BCUT2D eigenvalue weighted by molar-refractivity contribution is 5.89. The van der Waals surface area contributed by atoms with Gasteiger partial charge in [0.15, 0.2) is 0 Å². The van der Waals surface area contributed by atoms with Gasteiger partial charge >= 0.3 is 6.03 Å². The van der Waals surface area contributed by atoms with Crippen molar-refractivity contribution in [2.24, 2.45) is 0 Å². The van der Waals surface area contributed by atoms with Crippen molar-refractivity contribution in [3.05, 3.63) is 41.3 Å². The maximum atomic E-state index is 12.9. The third-order valence-electron chi connectivity index (χ3n) is 5.48. The number of morpholine rings is 1. The number of nitrogens with zero attached hydrogens (tertiary/aromatic N) is 4. The van der Waals surface area contributed by atoms with E-state index in [0.717, 1.165) is 36.0 Å². The predicted molar refractivity (Wildman–Crippen MR) is 115 cm³/mol. The zero-order chi connectivity index (χ0) is 21.3. The number of nitrogens with one attached hydrogen (secondary N) is 1. The van der Waals surface area contributed by atoms with Gasteiger partial charge in [-0.05, 0) is 32.9 Å². The molecule has 1 aromatic carbocycles. The standard InChI is InChI=1S/C22H29N5O3/c1-14-11-27(12-15(2)30-14)21-19-13-26(9-8-20(19)23-16(3)24-21)22(28)25-17-6-5-7-18(10-17)29-4/h5-7,10,14-15H,8-9,11-13H2,1-4H3,(H,25,28)/t14-,15-/m1/s1. The second kappa shape index (κ2) is 8.47. The number of aromatic nitrogens is 2. The predicted octanol–water partition coefficient (Wildman–Crippen LogP) is 3.00. The zero-order valence-electron chi connectivity index (χ0n) is 18.0. The third kappa shape index (κ3) is 4.33. The molecule has 0 bridgehead atoms. The number of carbonyl (C=O) groups excluding carboxylic acids is 1. The highest BCUT2D eigenvalue weighted by atomic mass is 16.5. The van der Waals surface area contributed by atoms with E-state index in [1.165, 1.54) is 0 Å². The normalized spacial score (nSPS) is 21.2. The molecular weight excluding hydrogens is 382 g/mol. The molecule has 0 unspecified atom stereocenters. The largest absolute Gasteiger partial charge is 0.497 e. The molecule has 1 aromatic heterocycles. The maximum Gasteiger partial charge on any atom is 0.322 e. The Bertz CT molecular complexity index is 925. The van der Waals surface area contributed by atoms with E-state index in [4.69, 9.17) is 14.5 Å². The first-order chi connectivity index (χ1) is 14.4. The number of fused-ring (bicyclic) bond motifs is 1. The van der Waals surface area contributed by atoms with Gasteiger partial charge in [0.25, 0.3) is 0 Å². The summed E-state index contributed by atoms with van der Waals surface area (Å²) in [5.41, 5.74) is 2.78. The first-order valence-corrected chi connectivity index (χ1v) is 10.4. The molecule has 1 saturated heterocycles. The van der Waals surface area contributed by atoms with Crippen molar-refractivity contribution >= 4 is 17.5 Å². The Hall–Kier alpha value is -2.87. The molecule has 8 heteroatoms. The van der Waals surface area contributed by atoms with Crippen molar-refractivity contribution < 1.29 is 14.3 Å². The molecule has 8 nitrogen and oxygen atoms in total. The molecule has 0 aliphatic carbocycles. The van der Waals surface area contributed by atoms with E-state index in [2.05, 4.69) is 29.0 Å². The van der Waals surface area contributed by atoms with Crippen LogP contribution in [0.5, 0.6) is 5.75 Å². The summed E-state index contributed by atoms with van der Waals surface area (Å²) in [7, 11) is 1.61. The van der Waals surface area contributed by atoms with Crippen LogP contribution < -0.4 is 15.0 Å². The monoisotopic (exact) mass is 411 g/mol. The molecular formula is C22H29N5O3. The summed E-state index contributed by atoms with van der Waals surface area (Å²) in [6.45, 7) is 8.76. The molecule has 2 aromatic rings. The van der Waals surface area contributed by atoms with Gasteiger partial charge in [0, 0.05) is 43.4 Å². The average molecular weight is 412 g/mol. The third-order valence-corrected chi connectivity index (χ3v) is 5.48. The van der Waals surface area contributed by atoms with Gasteiger partial charge in [-0.2, -0.15) is 0 Å². The number of carbonyl (C=O) groups is 1. The van der Waals surface area contributed by atoms with E-state index in [1.54, 1.807) is 7.11 Å². The summed E-state index contributed by atoms with van der Waals surface area (Å²) >= 11 is 0. The van der Waals surface area contributed by atoms with Crippen molar-refractivity contribution in [2.75, 3.05) is 37.0 Å². The Labute approximate surface area is 177 Å². The molecule has 2 aliphatic rings. The molecule has 1 fully saturated rings. The molecule has 3 heterocycles. The fourth-order valence-electron chi connectivity index (χ4n) is 4.21. The first-order valence-electron chi connectivity index (χ1n) is 10.4. The van der Waals surface area contributed by atoms with Crippen LogP contribution in [0.15, 0.2) is 24.3 Å². The molecule has 0 saturated carbocycles.